The second-order valence-electron chi connectivity index (χ2n) is 6.94. The van der Waals surface area contributed by atoms with Gasteiger partial charge in [0.1, 0.15) is 12.8 Å². The molecule has 0 aliphatic heterocycles. The number of halogens is 1. The van der Waals surface area contributed by atoms with Gasteiger partial charge in [-0.25, -0.2) is 4.39 Å². The van der Waals surface area contributed by atoms with Crippen LogP contribution in [0.2, 0.25) is 0 Å². The van der Waals surface area contributed by atoms with Gasteiger partial charge in [-0.3, -0.25) is 9.59 Å². The molecular formula is C18H36FN3O5. The minimum absolute atomic E-state index is 0.157. The van der Waals surface area contributed by atoms with Crippen LogP contribution in [0.25, 0.3) is 0 Å². The van der Waals surface area contributed by atoms with E-state index in [1.54, 1.807) is 27.7 Å². The molecule has 8 nitrogen and oxygen atoms in total. The molecule has 0 heterocycles. The molecule has 0 saturated heterocycles. The van der Waals surface area contributed by atoms with Crippen molar-refractivity contribution in [3.8, 4) is 0 Å². The van der Waals surface area contributed by atoms with Crippen molar-refractivity contribution >= 4 is 11.8 Å². The van der Waals surface area contributed by atoms with Gasteiger partial charge in [0, 0.05) is 19.0 Å². The highest BCUT2D eigenvalue weighted by atomic mass is 19.1. The number of hydrogen-bond donors (Lipinski definition) is 3. The Morgan fingerprint density at radius 1 is 1.00 bits per heavy atom. The van der Waals surface area contributed by atoms with Crippen LogP contribution in [0.15, 0.2) is 0 Å². The third-order valence-corrected chi connectivity index (χ3v) is 3.75. The van der Waals surface area contributed by atoms with E-state index in [9.17, 15) is 14.0 Å². The molecule has 27 heavy (non-hydrogen) atoms. The van der Waals surface area contributed by atoms with E-state index in [4.69, 9.17) is 14.2 Å². The lowest BCUT2D eigenvalue weighted by Gasteiger charge is -2.29. The predicted molar refractivity (Wildman–Crippen MR) is 101 cm³/mol. The molecule has 0 fully saturated rings. The number of alkyl halides is 1. The zero-order valence-corrected chi connectivity index (χ0v) is 17.2. The van der Waals surface area contributed by atoms with E-state index in [-0.39, 0.29) is 30.9 Å². The molecule has 0 spiro atoms. The van der Waals surface area contributed by atoms with Gasteiger partial charge in [0.25, 0.3) is 0 Å². The summed E-state index contributed by atoms with van der Waals surface area (Å²) in [5.41, 5.74) is -1.19. The van der Waals surface area contributed by atoms with Crippen LogP contribution in [-0.4, -0.2) is 83.3 Å². The van der Waals surface area contributed by atoms with Gasteiger partial charge in [-0.05, 0) is 20.9 Å². The van der Waals surface area contributed by atoms with Crippen LogP contribution in [0.1, 0.15) is 27.7 Å². The zero-order valence-electron chi connectivity index (χ0n) is 17.2. The first kappa shape index (κ1) is 25.7. The lowest BCUT2D eigenvalue weighted by atomic mass is 10.0. The first-order valence-electron chi connectivity index (χ1n) is 9.33. The molecule has 0 saturated carbocycles. The summed E-state index contributed by atoms with van der Waals surface area (Å²) in [4.78, 5) is 23.3. The van der Waals surface area contributed by atoms with Crippen molar-refractivity contribution in [1.29, 1.82) is 0 Å². The van der Waals surface area contributed by atoms with Gasteiger partial charge in [0.05, 0.1) is 38.6 Å². The zero-order chi connectivity index (χ0) is 20.7. The number of rotatable bonds is 16. The minimum Gasteiger partial charge on any atom is -0.378 e. The summed E-state index contributed by atoms with van der Waals surface area (Å²) >= 11 is 0. The number of hydrogen-bond acceptors (Lipinski definition) is 6. The summed E-state index contributed by atoms with van der Waals surface area (Å²) < 4.78 is 30.2. The number of carbonyl (C=O) groups is 2. The molecule has 0 rings (SSSR count). The van der Waals surface area contributed by atoms with Gasteiger partial charge >= 0.3 is 0 Å². The molecule has 2 amide bonds. The van der Waals surface area contributed by atoms with Crippen LogP contribution in [0.3, 0.4) is 0 Å². The number of nitrogens with one attached hydrogen (secondary N) is 3. The van der Waals surface area contributed by atoms with Crippen LogP contribution in [0.4, 0.5) is 4.39 Å². The fraction of sp³-hybridized carbons (Fsp3) is 0.889. The van der Waals surface area contributed by atoms with Gasteiger partial charge in [-0.15, -0.1) is 0 Å². The molecule has 0 aromatic carbocycles. The van der Waals surface area contributed by atoms with Gasteiger partial charge in [0.15, 0.2) is 0 Å². The van der Waals surface area contributed by atoms with Crippen molar-refractivity contribution in [2.45, 2.75) is 39.5 Å². The Balaban J connectivity index is 3.81. The SMILES string of the molecule is CNCCOCCOCCNC(=O)COC(C)(C)C(F)CNC(=O)C(C)C. The number of amides is 2. The summed E-state index contributed by atoms with van der Waals surface area (Å²) in [5, 5.41) is 8.13. The van der Waals surface area contributed by atoms with Gasteiger partial charge in [-0.1, -0.05) is 13.8 Å². The van der Waals surface area contributed by atoms with Crippen molar-refractivity contribution < 1.29 is 28.2 Å². The molecule has 0 aromatic rings. The summed E-state index contributed by atoms with van der Waals surface area (Å²) in [6, 6.07) is 0. The average molecular weight is 394 g/mol. The van der Waals surface area contributed by atoms with Crippen molar-refractivity contribution in [3.05, 3.63) is 0 Å². The normalized spacial score (nSPS) is 12.9. The maximum Gasteiger partial charge on any atom is 0.246 e. The van der Waals surface area contributed by atoms with Gasteiger partial charge < -0.3 is 30.2 Å². The standard InChI is InChI=1S/C18H36FN3O5/c1-14(2)17(24)22-12-15(19)18(3,4)27-13-16(23)21-7-9-26-11-10-25-8-6-20-5/h14-15,20H,6-13H2,1-5H3,(H,21,23)(H,22,24). The van der Waals surface area contributed by atoms with E-state index in [1.165, 1.54) is 0 Å². The van der Waals surface area contributed by atoms with Crippen LogP contribution in [0, 0.1) is 5.92 Å². The van der Waals surface area contributed by atoms with E-state index in [0.29, 0.717) is 33.0 Å². The predicted octanol–water partition coefficient (Wildman–Crippen LogP) is 0.261. The van der Waals surface area contributed by atoms with E-state index in [1.807, 2.05) is 7.05 Å². The maximum atomic E-state index is 14.3. The third-order valence-electron chi connectivity index (χ3n) is 3.75. The topological polar surface area (TPSA) is 97.9 Å². The lowest BCUT2D eigenvalue weighted by molar-refractivity contribution is -0.137. The third kappa shape index (κ3) is 13.5. The first-order valence-corrected chi connectivity index (χ1v) is 9.33. The Morgan fingerprint density at radius 2 is 1.59 bits per heavy atom. The quantitative estimate of drug-likeness (QED) is 0.326. The second kappa shape index (κ2) is 14.7. The maximum absolute atomic E-state index is 14.3. The van der Waals surface area contributed by atoms with Crippen molar-refractivity contribution in [2.24, 2.45) is 5.92 Å². The summed E-state index contributed by atoms with van der Waals surface area (Å²) in [7, 11) is 1.85. The Hall–Kier alpha value is -1.29. The largest absolute Gasteiger partial charge is 0.378 e. The molecule has 0 radical (unpaired) electrons. The molecule has 0 aliphatic rings. The van der Waals surface area contributed by atoms with Crippen LogP contribution in [0.5, 0.6) is 0 Å². The molecule has 160 valence electrons. The fourth-order valence-electron chi connectivity index (χ4n) is 1.79. The first-order chi connectivity index (χ1) is 12.7. The molecule has 0 aliphatic carbocycles. The Labute approximate surface area is 161 Å². The van der Waals surface area contributed by atoms with Crippen molar-refractivity contribution in [1.82, 2.24) is 16.0 Å². The summed E-state index contributed by atoms with van der Waals surface area (Å²) in [6.07, 6.45) is -1.43. The molecule has 0 bridgehead atoms. The Morgan fingerprint density at radius 3 is 2.15 bits per heavy atom. The number of likely N-dealkylation sites (N-methyl/N-ethyl adjacent to an activating group) is 1. The van der Waals surface area contributed by atoms with E-state index >= 15 is 0 Å². The Bertz CT molecular complexity index is 422. The molecule has 3 N–H and O–H groups in total. The van der Waals surface area contributed by atoms with E-state index < -0.39 is 11.8 Å². The minimum atomic E-state index is -1.43. The molecule has 1 unspecified atom stereocenters. The van der Waals surface area contributed by atoms with Crippen LogP contribution < -0.4 is 16.0 Å². The monoisotopic (exact) mass is 393 g/mol. The van der Waals surface area contributed by atoms with Crippen molar-refractivity contribution in [3.63, 3.8) is 0 Å². The van der Waals surface area contributed by atoms with E-state index in [0.717, 1.165) is 6.54 Å². The smallest absolute Gasteiger partial charge is 0.246 e. The number of carbonyl (C=O) groups excluding carboxylic acids is 2. The van der Waals surface area contributed by atoms with Gasteiger partial charge in [-0.2, -0.15) is 0 Å². The number of ether oxygens (including phenoxy) is 3. The average Bonchev–Trinajstić information content (AvgIpc) is 2.62. The van der Waals surface area contributed by atoms with E-state index in [2.05, 4.69) is 16.0 Å². The lowest BCUT2D eigenvalue weighted by Crippen LogP contribution is -2.46. The Kier molecular flexibility index (Phi) is 14.0. The fourth-order valence-corrected chi connectivity index (χ4v) is 1.79. The molecule has 0 aromatic heterocycles. The van der Waals surface area contributed by atoms with Crippen LogP contribution >= 0.6 is 0 Å². The molecule has 1 atom stereocenters. The highest BCUT2D eigenvalue weighted by Crippen LogP contribution is 2.17. The highest BCUT2D eigenvalue weighted by molar-refractivity contribution is 5.78. The van der Waals surface area contributed by atoms with Crippen LogP contribution in [-0.2, 0) is 23.8 Å². The molecule has 9 heteroatoms. The second-order valence-corrected chi connectivity index (χ2v) is 6.94. The highest BCUT2D eigenvalue weighted by Gasteiger charge is 2.31. The van der Waals surface area contributed by atoms with Crippen molar-refractivity contribution in [2.75, 3.05) is 59.7 Å². The summed E-state index contributed by atoms with van der Waals surface area (Å²) in [5.74, 6) is -0.789. The summed E-state index contributed by atoms with van der Waals surface area (Å²) in [6.45, 7) is 9.19. The van der Waals surface area contributed by atoms with Gasteiger partial charge in [0.2, 0.25) is 11.8 Å². The molecular weight excluding hydrogens is 357 g/mol.